The minimum Gasteiger partial charge on any atom is -0.316 e. The van der Waals surface area contributed by atoms with Crippen molar-refractivity contribution >= 4 is 10.0 Å². The normalized spacial score (nSPS) is 30.8. The van der Waals surface area contributed by atoms with Crippen LogP contribution in [0.15, 0.2) is 0 Å². The molecule has 1 atom stereocenters. The zero-order valence-corrected chi connectivity index (χ0v) is 13.8. The predicted octanol–water partition coefficient (Wildman–Crippen LogP) is 0.876. The van der Waals surface area contributed by atoms with Crippen molar-refractivity contribution in [2.24, 2.45) is 5.92 Å². The Labute approximate surface area is 129 Å². The Kier molecular flexibility index (Phi) is 5.19. The Bertz CT molecular complexity index is 420. The topological polar surface area (TPSA) is 52.7 Å². The van der Waals surface area contributed by atoms with Crippen LogP contribution in [0.25, 0.3) is 0 Å². The summed E-state index contributed by atoms with van der Waals surface area (Å²) in [7, 11) is -3.02. The number of nitrogens with one attached hydrogen (secondary N) is 1. The van der Waals surface area contributed by atoms with E-state index >= 15 is 0 Å². The van der Waals surface area contributed by atoms with Crippen LogP contribution < -0.4 is 5.32 Å². The van der Waals surface area contributed by atoms with Crippen LogP contribution in [0, 0.1) is 5.92 Å². The van der Waals surface area contributed by atoms with Crippen molar-refractivity contribution in [2.75, 3.05) is 45.8 Å². The predicted molar refractivity (Wildman–Crippen MR) is 84.8 cm³/mol. The van der Waals surface area contributed by atoms with Crippen molar-refractivity contribution in [1.29, 1.82) is 0 Å². The number of hydrogen-bond acceptors (Lipinski definition) is 4. The van der Waals surface area contributed by atoms with E-state index in [-0.39, 0.29) is 5.25 Å². The summed E-state index contributed by atoms with van der Waals surface area (Å²) in [6.45, 7) is 6.83. The lowest BCUT2D eigenvalue weighted by Gasteiger charge is -2.36. The van der Waals surface area contributed by atoms with Gasteiger partial charge >= 0.3 is 0 Å². The van der Waals surface area contributed by atoms with Crippen molar-refractivity contribution in [3.63, 3.8) is 0 Å². The minimum absolute atomic E-state index is 0.128. The Morgan fingerprint density at radius 2 is 1.67 bits per heavy atom. The van der Waals surface area contributed by atoms with Gasteiger partial charge < -0.3 is 10.2 Å². The highest BCUT2D eigenvalue weighted by atomic mass is 32.2. The molecule has 1 unspecified atom stereocenters. The van der Waals surface area contributed by atoms with Gasteiger partial charge in [0.25, 0.3) is 0 Å². The second kappa shape index (κ2) is 6.94. The first-order valence-electron chi connectivity index (χ1n) is 8.58. The molecule has 0 aromatic rings. The Morgan fingerprint density at radius 1 is 0.952 bits per heavy atom. The molecule has 0 amide bonds. The van der Waals surface area contributed by atoms with Crippen LogP contribution in [-0.4, -0.2) is 68.7 Å². The molecular formula is C15H29N3O2S. The number of rotatable bonds is 4. The minimum atomic E-state index is -3.02. The Morgan fingerprint density at radius 3 is 2.29 bits per heavy atom. The molecule has 3 rings (SSSR count). The number of hydrogen-bond donors (Lipinski definition) is 1. The van der Waals surface area contributed by atoms with Gasteiger partial charge in [0, 0.05) is 19.6 Å². The lowest BCUT2D eigenvalue weighted by Crippen LogP contribution is -2.46. The summed E-state index contributed by atoms with van der Waals surface area (Å²) in [5.41, 5.74) is 0. The van der Waals surface area contributed by atoms with E-state index in [1.807, 2.05) is 0 Å². The van der Waals surface area contributed by atoms with E-state index in [4.69, 9.17) is 0 Å². The molecule has 3 fully saturated rings. The monoisotopic (exact) mass is 315 g/mol. The van der Waals surface area contributed by atoms with E-state index < -0.39 is 10.0 Å². The highest BCUT2D eigenvalue weighted by Crippen LogP contribution is 2.25. The largest absolute Gasteiger partial charge is 0.316 e. The van der Waals surface area contributed by atoms with E-state index in [9.17, 15) is 8.42 Å². The lowest BCUT2D eigenvalue weighted by molar-refractivity contribution is 0.179. The van der Waals surface area contributed by atoms with Crippen LogP contribution >= 0.6 is 0 Å². The first-order chi connectivity index (χ1) is 10.2. The quantitative estimate of drug-likeness (QED) is 0.837. The zero-order valence-electron chi connectivity index (χ0n) is 13.0. The highest BCUT2D eigenvalue weighted by molar-refractivity contribution is 7.89. The molecule has 0 aliphatic carbocycles. The summed E-state index contributed by atoms with van der Waals surface area (Å²) in [5.74, 6) is 0.755. The fraction of sp³-hybridized carbons (Fsp3) is 1.00. The van der Waals surface area contributed by atoms with Crippen LogP contribution in [-0.2, 0) is 10.0 Å². The average Bonchev–Trinajstić information content (AvgIpc) is 3.04. The number of sulfonamides is 1. The van der Waals surface area contributed by atoms with E-state index in [0.717, 1.165) is 77.4 Å². The molecule has 3 saturated heterocycles. The van der Waals surface area contributed by atoms with Crippen LogP contribution in [0.1, 0.15) is 38.5 Å². The molecule has 6 heteroatoms. The first kappa shape index (κ1) is 15.7. The summed E-state index contributed by atoms with van der Waals surface area (Å²) in [6, 6.07) is 0. The van der Waals surface area contributed by atoms with Gasteiger partial charge in [0.2, 0.25) is 10.0 Å². The molecule has 0 aromatic carbocycles. The molecule has 21 heavy (non-hydrogen) atoms. The molecular weight excluding hydrogens is 286 g/mol. The average molecular weight is 315 g/mol. The summed E-state index contributed by atoms with van der Waals surface area (Å²) in [5, 5.41) is 3.34. The van der Waals surface area contributed by atoms with Crippen molar-refractivity contribution in [2.45, 2.75) is 43.8 Å². The molecule has 0 radical (unpaired) electrons. The van der Waals surface area contributed by atoms with Gasteiger partial charge in [-0.25, -0.2) is 12.7 Å². The molecule has 0 bridgehead atoms. The van der Waals surface area contributed by atoms with Gasteiger partial charge in [-0.05, 0) is 70.6 Å². The highest BCUT2D eigenvalue weighted by Gasteiger charge is 2.36. The van der Waals surface area contributed by atoms with Gasteiger partial charge in [0.1, 0.15) is 0 Å². The van der Waals surface area contributed by atoms with Crippen molar-refractivity contribution in [1.82, 2.24) is 14.5 Å². The molecule has 0 spiro atoms. The first-order valence-corrected chi connectivity index (χ1v) is 10.1. The van der Waals surface area contributed by atoms with Gasteiger partial charge in [-0.3, -0.25) is 0 Å². The third-order valence-electron chi connectivity index (χ3n) is 5.30. The molecule has 0 saturated carbocycles. The van der Waals surface area contributed by atoms with Gasteiger partial charge in [-0.15, -0.1) is 0 Å². The molecule has 0 aromatic heterocycles. The van der Waals surface area contributed by atoms with Crippen LogP contribution in [0.4, 0.5) is 0 Å². The van der Waals surface area contributed by atoms with Crippen LogP contribution in [0.5, 0.6) is 0 Å². The van der Waals surface area contributed by atoms with Gasteiger partial charge in [-0.1, -0.05) is 0 Å². The standard InChI is InChI=1S/C15H29N3O2S/c19-21(20,18-8-1-2-9-18)15-5-10-17(11-6-15)13-14-4-3-7-16-12-14/h14-16H,1-13H2. The molecule has 3 aliphatic heterocycles. The fourth-order valence-corrected chi connectivity index (χ4v) is 5.98. The third-order valence-corrected chi connectivity index (χ3v) is 7.69. The van der Waals surface area contributed by atoms with Crippen LogP contribution in [0.3, 0.4) is 0 Å². The molecule has 1 N–H and O–H groups in total. The van der Waals surface area contributed by atoms with Crippen molar-refractivity contribution in [3.8, 4) is 0 Å². The second-order valence-corrected chi connectivity index (χ2v) is 9.08. The Balaban J connectivity index is 1.48. The molecule has 122 valence electrons. The Hall–Kier alpha value is -0.170. The van der Waals surface area contributed by atoms with E-state index in [0.29, 0.717) is 0 Å². The molecule has 3 heterocycles. The lowest BCUT2D eigenvalue weighted by atomic mass is 9.98. The third kappa shape index (κ3) is 3.78. The maximum atomic E-state index is 12.6. The molecule has 3 aliphatic rings. The second-order valence-electron chi connectivity index (χ2n) is 6.86. The summed E-state index contributed by atoms with van der Waals surface area (Å²) in [6.07, 6.45) is 6.31. The maximum absolute atomic E-state index is 12.6. The number of likely N-dealkylation sites (tertiary alicyclic amines) is 1. The number of piperidine rings is 2. The summed E-state index contributed by atoms with van der Waals surface area (Å²) in [4.78, 5) is 2.48. The van der Waals surface area contributed by atoms with Crippen molar-refractivity contribution in [3.05, 3.63) is 0 Å². The zero-order chi connectivity index (χ0) is 14.7. The smallest absolute Gasteiger partial charge is 0.217 e. The number of nitrogens with zero attached hydrogens (tertiary/aromatic N) is 2. The summed E-state index contributed by atoms with van der Waals surface area (Å²) >= 11 is 0. The fourth-order valence-electron chi connectivity index (χ4n) is 3.99. The van der Waals surface area contributed by atoms with E-state index in [2.05, 4.69) is 10.2 Å². The van der Waals surface area contributed by atoms with Crippen LogP contribution in [0.2, 0.25) is 0 Å². The van der Waals surface area contributed by atoms with Crippen molar-refractivity contribution < 1.29 is 8.42 Å². The van der Waals surface area contributed by atoms with Gasteiger partial charge in [0.05, 0.1) is 5.25 Å². The SMILES string of the molecule is O=S(=O)(C1CCN(CC2CCCNC2)CC1)N1CCCC1. The van der Waals surface area contributed by atoms with Gasteiger partial charge in [-0.2, -0.15) is 0 Å². The maximum Gasteiger partial charge on any atom is 0.217 e. The van der Waals surface area contributed by atoms with E-state index in [1.54, 1.807) is 4.31 Å². The van der Waals surface area contributed by atoms with Gasteiger partial charge in [0.15, 0.2) is 0 Å². The summed E-state index contributed by atoms with van der Waals surface area (Å²) < 4.78 is 26.9. The molecule has 5 nitrogen and oxygen atoms in total. The van der Waals surface area contributed by atoms with E-state index in [1.165, 1.54) is 12.8 Å².